The van der Waals surface area contributed by atoms with Crippen LogP contribution in [0.15, 0.2) is 60.7 Å². The zero-order valence-corrected chi connectivity index (χ0v) is 14.7. The number of nitriles is 1. The molecule has 3 heteroatoms. The van der Waals surface area contributed by atoms with Gasteiger partial charge in [0.15, 0.2) is 0 Å². The molecule has 3 aromatic rings. The highest BCUT2D eigenvalue weighted by Gasteiger charge is 2.19. The Kier molecular flexibility index (Phi) is 4.71. The van der Waals surface area contributed by atoms with Crippen molar-refractivity contribution in [3.8, 4) is 17.2 Å². The summed E-state index contributed by atoms with van der Waals surface area (Å²) in [5.74, 6) is 0. The van der Waals surface area contributed by atoms with Crippen LogP contribution in [0.25, 0.3) is 21.9 Å². The minimum atomic E-state index is -0.146. The third-order valence-corrected chi connectivity index (χ3v) is 5.22. The molecule has 1 heterocycles. The van der Waals surface area contributed by atoms with E-state index in [1.54, 1.807) is 0 Å². The summed E-state index contributed by atoms with van der Waals surface area (Å²) in [4.78, 5) is 2.34. The van der Waals surface area contributed by atoms with Crippen molar-refractivity contribution in [1.29, 1.82) is 5.26 Å². The monoisotopic (exact) mass is 342 g/mol. The predicted octanol–water partition coefficient (Wildman–Crippen LogP) is 3.99. The van der Waals surface area contributed by atoms with Gasteiger partial charge in [0, 0.05) is 19.6 Å². The fourth-order valence-electron chi connectivity index (χ4n) is 3.67. The Labute approximate surface area is 154 Å². The smallest absolute Gasteiger partial charge is 0.0991 e. The molecule has 0 aromatic heterocycles. The number of fused-ring (bicyclic) bond motifs is 1. The largest absolute Gasteiger partial charge is 0.392 e. The van der Waals surface area contributed by atoms with Crippen LogP contribution in [0.3, 0.4) is 0 Å². The number of nitrogens with zero attached hydrogens (tertiary/aromatic N) is 2. The van der Waals surface area contributed by atoms with E-state index >= 15 is 0 Å². The van der Waals surface area contributed by atoms with Gasteiger partial charge in [-0.05, 0) is 58.5 Å². The quantitative estimate of drug-likeness (QED) is 0.780. The third-order valence-electron chi connectivity index (χ3n) is 5.22. The summed E-state index contributed by atoms with van der Waals surface area (Å²) in [5, 5.41) is 21.0. The minimum absolute atomic E-state index is 0.146. The Morgan fingerprint density at radius 1 is 0.962 bits per heavy atom. The standard InChI is InChI=1S/C23H22N2O/c24-15-18-2-4-19(5-3-18)21-8-7-20-13-17(1-6-22(20)14-21)9-11-25-12-10-23(26)16-25/h1-8,13-14,23,26H,9-12,16H2/t23-/m1/s1. The first-order valence-corrected chi connectivity index (χ1v) is 9.15. The van der Waals surface area contributed by atoms with Gasteiger partial charge in [-0.25, -0.2) is 0 Å². The van der Waals surface area contributed by atoms with E-state index in [9.17, 15) is 5.11 Å². The second kappa shape index (κ2) is 7.29. The minimum Gasteiger partial charge on any atom is -0.392 e. The van der Waals surface area contributed by atoms with Gasteiger partial charge in [0.05, 0.1) is 17.7 Å². The van der Waals surface area contributed by atoms with E-state index in [4.69, 9.17) is 5.26 Å². The number of aliphatic hydroxyl groups is 1. The maximum Gasteiger partial charge on any atom is 0.0991 e. The normalized spacial score (nSPS) is 17.5. The van der Waals surface area contributed by atoms with Gasteiger partial charge in [-0.3, -0.25) is 0 Å². The van der Waals surface area contributed by atoms with Gasteiger partial charge < -0.3 is 10.0 Å². The van der Waals surface area contributed by atoms with Crippen molar-refractivity contribution in [2.24, 2.45) is 0 Å². The van der Waals surface area contributed by atoms with Gasteiger partial charge in [0.2, 0.25) is 0 Å². The number of likely N-dealkylation sites (tertiary alicyclic amines) is 1. The van der Waals surface area contributed by atoms with Gasteiger partial charge in [-0.15, -0.1) is 0 Å². The molecule has 1 N–H and O–H groups in total. The fourth-order valence-corrected chi connectivity index (χ4v) is 3.67. The van der Waals surface area contributed by atoms with Crippen molar-refractivity contribution in [3.05, 3.63) is 71.8 Å². The molecule has 0 radical (unpaired) electrons. The molecule has 26 heavy (non-hydrogen) atoms. The summed E-state index contributed by atoms with van der Waals surface area (Å²) < 4.78 is 0. The topological polar surface area (TPSA) is 47.3 Å². The average molecular weight is 342 g/mol. The van der Waals surface area contributed by atoms with Crippen molar-refractivity contribution < 1.29 is 5.11 Å². The molecule has 1 atom stereocenters. The zero-order valence-electron chi connectivity index (χ0n) is 14.7. The SMILES string of the molecule is N#Cc1ccc(-c2ccc3cc(CCN4CC[C@@H](O)C4)ccc3c2)cc1. The van der Waals surface area contributed by atoms with Crippen LogP contribution in [0.1, 0.15) is 17.5 Å². The van der Waals surface area contributed by atoms with Gasteiger partial charge in [-0.2, -0.15) is 5.26 Å². The molecule has 3 aromatic carbocycles. The third kappa shape index (κ3) is 3.62. The van der Waals surface area contributed by atoms with Crippen LogP contribution < -0.4 is 0 Å². The Balaban J connectivity index is 1.51. The first-order chi connectivity index (χ1) is 12.7. The Morgan fingerprint density at radius 3 is 2.42 bits per heavy atom. The second-order valence-electron chi connectivity index (χ2n) is 7.08. The van der Waals surface area contributed by atoms with E-state index in [2.05, 4.69) is 47.4 Å². The van der Waals surface area contributed by atoms with Crippen LogP contribution in [0.2, 0.25) is 0 Å². The maximum atomic E-state index is 9.63. The van der Waals surface area contributed by atoms with Crippen molar-refractivity contribution in [3.63, 3.8) is 0 Å². The summed E-state index contributed by atoms with van der Waals surface area (Å²) in [6.45, 7) is 2.82. The summed E-state index contributed by atoms with van der Waals surface area (Å²) in [6, 6.07) is 23.1. The van der Waals surface area contributed by atoms with Crippen LogP contribution in [0.5, 0.6) is 0 Å². The molecular formula is C23H22N2O. The molecule has 0 unspecified atom stereocenters. The zero-order chi connectivity index (χ0) is 17.9. The van der Waals surface area contributed by atoms with Gasteiger partial charge in [0.1, 0.15) is 0 Å². The first kappa shape index (κ1) is 16.8. The number of β-amino-alcohol motifs (C(OH)–C–C–N with tert-alkyl or cyclic N) is 1. The Hall–Kier alpha value is -2.67. The number of rotatable bonds is 4. The number of benzene rings is 3. The molecule has 1 aliphatic heterocycles. The second-order valence-corrected chi connectivity index (χ2v) is 7.08. The molecule has 4 rings (SSSR count). The van der Waals surface area contributed by atoms with Crippen LogP contribution in [0, 0.1) is 11.3 Å². The predicted molar refractivity (Wildman–Crippen MR) is 105 cm³/mol. The number of hydrogen-bond donors (Lipinski definition) is 1. The molecule has 0 aliphatic carbocycles. The Bertz CT molecular complexity index is 956. The Morgan fingerprint density at radius 2 is 1.69 bits per heavy atom. The van der Waals surface area contributed by atoms with Crippen LogP contribution >= 0.6 is 0 Å². The van der Waals surface area contributed by atoms with E-state index in [1.165, 1.54) is 21.9 Å². The summed E-state index contributed by atoms with van der Waals surface area (Å²) in [5.41, 5.74) is 4.32. The lowest BCUT2D eigenvalue weighted by Crippen LogP contribution is -2.24. The van der Waals surface area contributed by atoms with E-state index < -0.39 is 0 Å². The van der Waals surface area contributed by atoms with E-state index in [0.29, 0.717) is 5.56 Å². The maximum absolute atomic E-state index is 9.63. The van der Waals surface area contributed by atoms with Crippen LogP contribution in [-0.2, 0) is 6.42 Å². The molecule has 3 nitrogen and oxygen atoms in total. The molecule has 0 spiro atoms. The summed E-state index contributed by atoms with van der Waals surface area (Å²) in [7, 11) is 0. The van der Waals surface area contributed by atoms with Crippen LogP contribution in [-0.4, -0.2) is 35.7 Å². The van der Waals surface area contributed by atoms with Crippen LogP contribution in [0.4, 0.5) is 0 Å². The summed E-state index contributed by atoms with van der Waals surface area (Å²) >= 11 is 0. The molecule has 0 amide bonds. The molecule has 0 bridgehead atoms. The van der Waals surface area contributed by atoms with E-state index in [0.717, 1.165) is 38.0 Å². The van der Waals surface area contributed by atoms with Gasteiger partial charge in [0.25, 0.3) is 0 Å². The molecule has 1 fully saturated rings. The van der Waals surface area contributed by atoms with Crippen molar-refractivity contribution in [1.82, 2.24) is 4.90 Å². The highest BCUT2D eigenvalue weighted by atomic mass is 16.3. The summed E-state index contributed by atoms with van der Waals surface area (Å²) in [6.07, 6.45) is 1.77. The number of aliphatic hydroxyl groups excluding tert-OH is 1. The lowest BCUT2D eigenvalue weighted by molar-refractivity contribution is 0.177. The average Bonchev–Trinajstić information content (AvgIpc) is 3.11. The molecule has 1 aliphatic rings. The molecule has 1 saturated heterocycles. The molecular weight excluding hydrogens is 320 g/mol. The highest BCUT2D eigenvalue weighted by molar-refractivity contribution is 5.87. The van der Waals surface area contributed by atoms with E-state index in [1.807, 2.05) is 24.3 Å². The van der Waals surface area contributed by atoms with Crippen molar-refractivity contribution in [2.45, 2.75) is 18.9 Å². The van der Waals surface area contributed by atoms with Gasteiger partial charge >= 0.3 is 0 Å². The highest BCUT2D eigenvalue weighted by Crippen LogP contribution is 2.26. The molecule has 130 valence electrons. The van der Waals surface area contributed by atoms with Crippen molar-refractivity contribution >= 4 is 10.8 Å². The van der Waals surface area contributed by atoms with E-state index in [-0.39, 0.29) is 6.10 Å². The lowest BCUT2D eigenvalue weighted by atomic mass is 9.98. The van der Waals surface area contributed by atoms with Gasteiger partial charge in [-0.1, -0.05) is 42.5 Å². The first-order valence-electron chi connectivity index (χ1n) is 9.15. The molecule has 0 saturated carbocycles. The van der Waals surface area contributed by atoms with Crippen molar-refractivity contribution in [2.75, 3.05) is 19.6 Å². The fraction of sp³-hybridized carbons (Fsp3) is 0.261. The lowest BCUT2D eigenvalue weighted by Gasteiger charge is -2.15. The number of hydrogen-bond acceptors (Lipinski definition) is 3.